The van der Waals surface area contributed by atoms with E-state index in [1.165, 1.54) is 0 Å². The van der Waals surface area contributed by atoms with Gasteiger partial charge in [-0.3, -0.25) is 0 Å². The summed E-state index contributed by atoms with van der Waals surface area (Å²) in [6, 6.07) is 0. The Hall–Kier alpha value is -1.03. The summed E-state index contributed by atoms with van der Waals surface area (Å²) in [4.78, 5) is 6.59. The van der Waals surface area contributed by atoms with Gasteiger partial charge in [0, 0.05) is 12.7 Å². The number of hydrogen-bond donors (Lipinski definition) is 1. The second-order valence-corrected chi connectivity index (χ2v) is 3.81. The van der Waals surface area contributed by atoms with Crippen LogP contribution in [0, 0.1) is 6.92 Å². The van der Waals surface area contributed by atoms with E-state index < -0.39 is 0 Å². The van der Waals surface area contributed by atoms with Gasteiger partial charge in [0.15, 0.2) is 5.95 Å². The monoisotopic (exact) mass is 210 g/mol. The highest BCUT2D eigenvalue weighted by atomic mass is 15.2. The smallest absolute Gasteiger partial charge is 0.200 e. The maximum atomic E-state index is 5.76. The summed E-state index contributed by atoms with van der Waals surface area (Å²) in [5.41, 5.74) is 6.76. The molecule has 0 radical (unpaired) electrons. The summed E-state index contributed by atoms with van der Waals surface area (Å²) in [7, 11) is 0. The summed E-state index contributed by atoms with van der Waals surface area (Å²) in [6.07, 6.45) is 3.14. The lowest BCUT2D eigenvalue weighted by atomic mass is 10.3. The third-order valence-electron chi connectivity index (χ3n) is 2.70. The number of nitrogens with zero attached hydrogens (tertiary/aromatic N) is 3. The minimum atomic E-state index is 0.632. The highest BCUT2D eigenvalue weighted by Crippen LogP contribution is 2.05. The molecule has 0 aliphatic heterocycles. The van der Waals surface area contributed by atoms with E-state index in [1.54, 1.807) is 0 Å². The SMILES string of the molecule is CCN(CC)CCCn1cc(C)nc1N. The molecular formula is C11H22N4. The quantitative estimate of drug-likeness (QED) is 0.774. The Bertz CT molecular complexity index is 289. The van der Waals surface area contributed by atoms with Crippen molar-refractivity contribution in [1.29, 1.82) is 0 Å². The van der Waals surface area contributed by atoms with Crippen molar-refractivity contribution >= 4 is 5.95 Å². The van der Waals surface area contributed by atoms with Gasteiger partial charge in [-0.05, 0) is 33.0 Å². The Morgan fingerprint density at radius 1 is 1.40 bits per heavy atom. The van der Waals surface area contributed by atoms with Crippen LogP contribution < -0.4 is 5.73 Å². The zero-order valence-corrected chi connectivity index (χ0v) is 10.0. The van der Waals surface area contributed by atoms with Gasteiger partial charge >= 0.3 is 0 Å². The molecule has 0 atom stereocenters. The fourth-order valence-corrected chi connectivity index (χ4v) is 1.75. The van der Waals surface area contributed by atoms with Crippen LogP contribution in [0.3, 0.4) is 0 Å². The molecule has 0 fully saturated rings. The molecular weight excluding hydrogens is 188 g/mol. The van der Waals surface area contributed by atoms with Gasteiger partial charge in [-0.15, -0.1) is 0 Å². The van der Waals surface area contributed by atoms with E-state index in [2.05, 4.69) is 23.7 Å². The van der Waals surface area contributed by atoms with Gasteiger partial charge in [-0.1, -0.05) is 13.8 Å². The molecule has 0 saturated heterocycles. The molecule has 1 rings (SSSR count). The summed E-state index contributed by atoms with van der Waals surface area (Å²) in [5, 5.41) is 0. The van der Waals surface area contributed by atoms with Gasteiger partial charge in [0.05, 0.1) is 5.69 Å². The zero-order valence-electron chi connectivity index (χ0n) is 10.0. The second-order valence-electron chi connectivity index (χ2n) is 3.81. The summed E-state index contributed by atoms with van der Waals surface area (Å²) >= 11 is 0. The molecule has 4 heteroatoms. The highest BCUT2D eigenvalue weighted by Gasteiger charge is 2.02. The highest BCUT2D eigenvalue weighted by molar-refractivity contribution is 5.20. The topological polar surface area (TPSA) is 47.1 Å². The van der Waals surface area contributed by atoms with Crippen molar-refractivity contribution in [3.63, 3.8) is 0 Å². The molecule has 0 unspecified atom stereocenters. The molecule has 0 aromatic carbocycles. The molecule has 1 aromatic heterocycles. The van der Waals surface area contributed by atoms with Crippen molar-refractivity contribution in [1.82, 2.24) is 14.5 Å². The van der Waals surface area contributed by atoms with Crippen LogP contribution in [0.1, 0.15) is 26.0 Å². The van der Waals surface area contributed by atoms with Crippen LogP contribution >= 0.6 is 0 Å². The van der Waals surface area contributed by atoms with Crippen LogP contribution in [0.5, 0.6) is 0 Å². The van der Waals surface area contributed by atoms with E-state index in [0.29, 0.717) is 5.95 Å². The van der Waals surface area contributed by atoms with Gasteiger partial charge in [0.2, 0.25) is 0 Å². The largest absolute Gasteiger partial charge is 0.369 e. The molecule has 86 valence electrons. The van der Waals surface area contributed by atoms with Crippen molar-refractivity contribution in [2.45, 2.75) is 33.7 Å². The fourth-order valence-electron chi connectivity index (χ4n) is 1.75. The van der Waals surface area contributed by atoms with Crippen molar-refractivity contribution < 1.29 is 0 Å². The Balaban J connectivity index is 2.34. The maximum absolute atomic E-state index is 5.76. The molecule has 2 N–H and O–H groups in total. The Morgan fingerprint density at radius 2 is 2.07 bits per heavy atom. The molecule has 15 heavy (non-hydrogen) atoms. The van der Waals surface area contributed by atoms with Gasteiger partial charge in [0.25, 0.3) is 0 Å². The standard InChI is InChI=1S/C11H22N4/c1-4-14(5-2)7-6-8-15-9-10(3)13-11(15)12/h9H,4-8H2,1-3H3,(H2,12,13). The first-order valence-electron chi connectivity index (χ1n) is 5.69. The normalized spacial score (nSPS) is 11.2. The lowest BCUT2D eigenvalue weighted by Gasteiger charge is -2.17. The van der Waals surface area contributed by atoms with Gasteiger partial charge in [0.1, 0.15) is 0 Å². The van der Waals surface area contributed by atoms with Crippen molar-refractivity contribution in [3.8, 4) is 0 Å². The lowest BCUT2D eigenvalue weighted by Crippen LogP contribution is -2.24. The van der Waals surface area contributed by atoms with Crippen LogP contribution in [0.25, 0.3) is 0 Å². The van der Waals surface area contributed by atoms with E-state index in [4.69, 9.17) is 5.73 Å². The predicted octanol–water partition coefficient (Wildman–Crippen LogP) is 1.51. The Morgan fingerprint density at radius 3 is 2.53 bits per heavy atom. The van der Waals surface area contributed by atoms with Crippen LogP contribution in [-0.2, 0) is 6.54 Å². The number of aromatic nitrogens is 2. The molecule has 0 amide bonds. The van der Waals surface area contributed by atoms with Gasteiger partial charge in [-0.25, -0.2) is 4.98 Å². The minimum Gasteiger partial charge on any atom is -0.369 e. The molecule has 0 spiro atoms. The third-order valence-corrected chi connectivity index (χ3v) is 2.70. The first-order valence-corrected chi connectivity index (χ1v) is 5.69. The van der Waals surface area contributed by atoms with E-state index in [9.17, 15) is 0 Å². The van der Waals surface area contributed by atoms with Crippen LogP contribution in [0.2, 0.25) is 0 Å². The maximum Gasteiger partial charge on any atom is 0.200 e. The van der Waals surface area contributed by atoms with E-state index in [-0.39, 0.29) is 0 Å². The van der Waals surface area contributed by atoms with E-state index in [1.807, 2.05) is 17.7 Å². The summed E-state index contributed by atoms with van der Waals surface area (Å²) < 4.78 is 2.03. The first kappa shape index (κ1) is 12.0. The molecule has 1 heterocycles. The predicted molar refractivity (Wildman–Crippen MR) is 63.8 cm³/mol. The molecule has 0 aliphatic carbocycles. The van der Waals surface area contributed by atoms with Crippen molar-refractivity contribution in [3.05, 3.63) is 11.9 Å². The number of nitrogen functional groups attached to an aromatic ring is 1. The van der Waals surface area contributed by atoms with Crippen LogP contribution in [-0.4, -0.2) is 34.1 Å². The number of hydrogen-bond acceptors (Lipinski definition) is 3. The average Bonchev–Trinajstić information content (AvgIpc) is 2.52. The molecule has 0 bridgehead atoms. The Kier molecular flexibility index (Phi) is 4.62. The average molecular weight is 210 g/mol. The minimum absolute atomic E-state index is 0.632. The number of aryl methyl sites for hydroxylation is 2. The van der Waals surface area contributed by atoms with Gasteiger partial charge < -0.3 is 15.2 Å². The summed E-state index contributed by atoms with van der Waals surface area (Å²) in [6.45, 7) is 10.7. The summed E-state index contributed by atoms with van der Waals surface area (Å²) in [5.74, 6) is 0.632. The molecule has 4 nitrogen and oxygen atoms in total. The van der Waals surface area contributed by atoms with Crippen LogP contribution in [0.15, 0.2) is 6.20 Å². The molecule has 1 aromatic rings. The molecule has 0 saturated carbocycles. The number of rotatable bonds is 6. The van der Waals surface area contributed by atoms with Crippen molar-refractivity contribution in [2.75, 3.05) is 25.4 Å². The Labute approximate surface area is 92.1 Å². The first-order chi connectivity index (χ1) is 7.17. The lowest BCUT2D eigenvalue weighted by molar-refractivity contribution is 0.293. The zero-order chi connectivity index (χ0) is 11.3. The molecule has 0 aliphatic rings. The van der Waals surface area contributed by atoms with E-state index in [0.717, 1.165) is 38.3 Å². The van der Waals surface area contributed by atoms with Crippen molar-refractivity contribution in [2.24, 2.45) is 0 Å². The second kappa shape index (κ2) is 5.75. The fraction of sp³-hybridized carbons (Fsp3) is 0.727. The van der Waals surface area contributed by atoms with Gasteiger partial charge in [-0.2, -0.15) is 0 Å². The number of anilines is 1. The van der Waals surface area contributed by atoms with E-state index >= 15 is 0 Å². The number of imidazole rings is 1. The third kappa shape index (κ3) is 3.55. The van der Waals surface area contributed by atoms with Crippen LogP contribution in [0.4, 0.5) is 5.95 Å². The number of nitrogens with two attached hydrogens (primary N) is 1.